The van der Waals surface area contributed by atoms with Crippen molar-refractivity contribution in [1.29, 1.82) is 5.26 Å². The molecule has 1 saturated carbocycles. The average Bonchev–Trinajstić information content (AvgIpc) is 2.37. The highest BCUT2D eigenvalue weighted by Gasteiger charge is 2.36. The van der Waals surface area contributed by atoms with Gasteiger partial charge >= 0.3 is 0 Å². The van der Waals surface area contributed by atoms with Crippen LogP contribution in [0.2, 0.25) is 0 Å². The third kappa shape index (κ3) is 3.76. The minimum absolute atomic E-state index is 0.0851. The van der Waals surface area contributed by atoms with E-state index in [1.165, 1.54) is 6.07 Å². The first-order valence-corrected chi connectivity index (χ1v) is 8.10. The Morgan fingerprint density at radius 2 is 2.05 bits per heavy atom. The summed E-state index contributed by atoms with van der Waals surface area (Å²) < 4.78 is 13.3. The van der Waals surface area contributed by atoms with Gasteiger partial charge in [-0.3, -0.25) is 0 Å². The molecule has 1 aliphatic rings. The Morgan fingerprint density at radius 1 is 1.30 bits per heavy atom. The zero-order valence-corrected chi connectivity index (χ0v) is 13.2. The number of nitrogens with zero attached hydrogens (tertiary/aromatic N) is 1. The highest BCUT2D eigenvalue weighted by Crippen LogP contribution is 2.45. The fraction of sp³-hybridized carbons (Fsp3) is 0.588. The Bertz CT molecular complexity index is 500. The van der Waals surface area contributed by atoms with Crippen LogP contribution in [0.5, 0.6) is 0 Å². The topological polar surface area (TPSA) is 23.8 Å². The molecule has 0 radical (unpaired) electrons. The van der Waals surface area contributed by atoms with Gasteiger partial charge < -0.3 is 0 Å². The highest BCUT2D eigenvalue weighted by molar-refractivity contribution is 8.00. The number of thioether (sulfide) groups is 1. The van der Waals surface area contributed by atoms with Crippen molar-refractivity contribution in [1.82, 2.24) is 0 Å². The van der Waals surface area contributed by atoms with Crippen molar-refractivity contribution >= 4 is 11.8 Å². The first kappa shape index (κ1) is 15.4. The largest absolute Gasteiger partial charge is 0.207 e. The van der Waals surface area contributed by atoms with Crippen LogP contribution >= 0.6 is 11.8 Å². The molecular weight excluding hydrogens is 269 g/mol. The van der Waals surface area contributed by atoms with Crippen molar-refractivity contribution in [3.05, 3.63) is 30.1 Å². The summed E-state index contributed by atoms with van der Waals surface area (Å²) in [6.45, 7) is 6.82. The summed E-state index contributed by atoms with van der Waals surface area (Å²) in [5.74, 6) is 0.520. The number of rotatable bonds is 2. The monoisotopic (exact) mass is 291 g/mol. The van der Waals surface area contributed by atoms with E-state index in [0.717, 1.165) is 24.2 Å². The molecule has 3 unspecified atom stereocenters. The van der Waals surface area contributed by atoms with Crippen LogP contribution in [0.3, 0.4) is 0 Å². The summed E-state index contributed by atoms with van der Waals surface area (Å²) in [6.07, 6.45) is 3.14. The summed E-state index contributed by atoms with van der Waals surface area (Å²) in [4.78, 5) is 0.935. The summed E-state index contributed by atoms with van der Waals surface area (Å²) in [7, 11) is 0. The molecule has 0 spiro atoms. The maximum Gasteiger partial charge on any atom is 0.124 e. The van der Waals surface area contributed by atoms with E-state index in [4.69, 9.17) is 0 Å². The predicted molar refractivity (Wildman–Crippen MR) is 81.9 cm³/mol. The second-order valence-corrected chi connectivity index (χ2v) is 8.04. The minimum Gasteiger partial charge on any atom is -0.207 e. The fourth-order valence-electron chi connectivity index (χ4n) is 2.91. The number of hydrogen-bond acceptors (Lipinski definition) is 2. The molecule has 108 valence electrons. The zero-order chi connectivity index (χ0) is 14.8. The molecule has 1 aromatic carbocycles. The van der Waals surface area contributed by atoms with Crippen molar-refractivity contribution in [3.8, 4) is 6.07 Å². The molecule has 1 aromatic rings. The maximum absolute atomic E-state index is 13.3. The van der Waals surface area contributed by atoms with Crippen molar-refractivity contribution in [2.24, 2.45) is 17.3 Å². The molecule has 1 fully saturated rings. The smallest absolute Gasteiger partial charge is 0.124 e. The summed E-state index contributed by atoms with van der Waals surface area (Å²) >= 11 is 1.67. The molecule has 1 nitrogen and oxygen atoms in total. The van der Waals surface area contributed by atoms with Crippen LogP contribution in [-0.4, -0.2) is 5.25 Å². The van der Waals surface area contributed by atoms with Gasteiger partial charge in [0.1, 0.15) is 5.82 Å². The number of halogens is 1. The van der Waals surface area contributed by atoms with Gasteiger partial charge in [-0.25, -0.2) is 4.39 Å². The minimum atomic E-state index is -0.202. The van der Waals surface area contributed by atoms with Crippen LogP contribution in [0.25, 0.3) is 0 Å². The van der Waals surface area contributed by atoms with E-state index in [1.807, 2.05) is 6.07 Å². The summed E-state index contributed by atoms with van der Waals surface area (Å²) in [6, 6.07) is 9.15. The fourth-order valence-corrected chi connectivity index (χ4v) is 4.29. The molecule has 20 heavy (non-hydrogen) atoms. The molecular formula is C17H22FNS. The summed E-state index contributed by atoms with van der Waals surface area (Å²) in [5.41, 5.74) is 0.279. The lowest BCUT2D eigenvalue weighted by Crippen LogP contribution is -2.32. The first-order valence-electron chi connectivity index (χ1n) is 7.22. The molecule has 0 aromatic heterocycles. The molecule has 0 N–H and O–H groups in total. The van der Waals surface area contributed by atoms with Gasteiger partial charge in [0.15, 0.2) is 0 Å². The van der Waals surface area contributed by atoms with Gasteiger partial charge in [0.05, 0.1) is 12.0 Å². The lowest BCUT2D eigenvalue weighted by atomic mass is 9.70. The number of hydrogen-bond donors (Lipinski definition) is 0. The molecule has 1 aliphatic carbocycles. The van der Waals surface area contributed by atoms with Gasteiger partial charge in [0.2, 0.25) is 0 Å². The third-order valence-corrected chi connectivity index (χ3v) is 5.62. The Morgan fingerprint density at radius 3 is 2.65 bits per heavy atom. The van der Waals surface area contributed by atoms with Crippen molar-refractivity contribution < 1.29 is 4.39 Å². The Hall–Kier alpha value is -1.01. The van der Waals surface area contributed by atoms with Crippen LogP contribution in [0.15, 0.2) is 29.2 Å². The van der Waals surface area contributed by atoms with Gasteiger partial charge in [0.25, 0.3) is 0 Å². The third-order valence-electron chi connectivity index (χ3n) is 4.27. The normalized spacial score (nSPS) is 27.1. The highest BCUT2D eigenvalue weighted by atomic mass is 32.2. The van der Waals surface area contributed by atoms with Gasteiger partial charge in [-0.1, -0.05) is 26.8 Å². The molecule has 0 saturated heterocycles. The van der Waals surface area contributed by atoms with Crippen LogP contribution < -0.4 is 0 Å². The summed E-state index contributed by atoms with van der Waals surface area (Å²) in [5, 5.41) is 9.62. The van der Waals surface area contributed by atoms with Gasteiger partial charge in [-0.2, -0.15) is 5.26 Å². The molecule has 0 heterocycles. The van der Waals surface area contributed by atoms with E-state index in [9.17, 15) is 9.65 Å². The Labute approximate surface area is 125 Å². The molecule has 3 heteroatoms. The molecule has 2 rings (SSSR count). The van der Waals surface area contributed by atoms with E-state index < -0.39 is 0 Å². The standard InChI is InChI=1S/C17H22FNS/c1-17(2,3)13-8-7-12(11-19)16(9-13)20-15-6-4-5-14(18)10-15/h4-6,10,12-13,16H,7-9H2,1-3H3. The number of benzene rings is 1. The maximum atomic E-state index is 13.3. The Balaban J connectivity index is 2.12. The van der Waals surface area contributed by atoms with Gasteiger partial charge in [0, 0.05) is 10.1 Å². The van der Waals surface area contributed by atoms with Crippen molar-refractivity contribution in [3.63, 3.8) is 0 Å². The van der Waals surface area contributed by atoms with E-state index in [1.54, 1.807) is 23.9 Å². The lowest BCUT2D eigenvalue weighted by molar-refractivity contribution is 0.169. The van der Waals surface area contributed by atoms with Gasteiger partial charge in [-0.15, -0.1) is 11.8 Å². The molecule has 0 bridgehead atoms. The lowest BCUT2D eigenvalue weighted by Gasteiger charge is -2.39. The Kier molecular flexibility index (Phi) is 4.75. The predicted octanol–water partition coefficient (Wildman–Crippen LogP) is 5.27. The van der Waals surface area contributed by atoms with Crippen LogP contribution in [0, 0.1) is 34.4 Å². The second-order valence-electron chi connectivity index (χ2n) is 6.73. The van der Waals surface area contributed by atoms with Gasteiger partial charge in [-0.05, 0) is 48.8 Å². The quantitative estimate of drug-likeness (QED) is 0.741. The van der Waals surface area contributed by atoms with E-state index in [2.05, 4.69) is 26.8 Å². The van der Waals surface area contributed by atoms with Crippen LogP contribution in [0.4, 0.5) is 4.39 Å². The molecule has 0 amide bonds. The molecule has 0 aliphatic heterocycles. The van der Waals surface area contributed by atoms with E-state index >= 15 is 0 Å². The van der Waals surface area contributed by atoms with Crippen LogP contribution in [0.1, 0.15) is 40.0 Å². The molecule has 3 atom stereocenters. The first-order chi connectivity index (χ1) is 9.40. The van der Waals surface area contributed by atoms with E-state index in [0.29, 0.717) is 5.92 Å². The van der Waals surface area contributed by atoms with Crippen molar-refractivity contribution in [2.75, 3.05) is 0 Å². The zero-order valence-electron chi connectivity index (χ0n) is 12.4. The average molecular weight is 291 g/mol. The number of nitriles is 1. The van der Waals surface area contributed by atoms with Crippen molar-refractivity contribution in [2.45, 2.75) is 50.2 Å². The SMILES string of the molecule is CC(C)(C)C1CCC(C#N)C(Sc2cccc(F)c2)C1. The van der Waals surface area contributed by atoms with Crippen LogP contribution in [-0.2, 0) is 0 Å². The van der Waals surface area contributed by atoms with E-state index in [-0.39, 0.29) is 22.4 Å². The second kappa shape index (κ2) is 6.18.